The fraction of sp³-hybridized carbons (Fsp3) is 0.200. The van der Waals surface area contributed by atoms with Crippen molar-refractivity contribution in [2.24, 2.45) is 0 Å². The number of halogens is 1. The number of nitrogens with one attached hydrogen (secondary N) is 1. The van der Waals surface area contributed by atoms with Gasteiger partial charge in [0.05, 0.1) is 10.9 Å². The Labute approximate surface area is 90.2 Å². The van der Waals surface area contributed by atoms with Gasteiger partial charge in [-0.1, -0.05) is 6.07 Å². The lowest BCUT2D eigenvalue weighted by Gasteiger charge is -2.05. The third-order valence-electron chi connectivity index (χ3n) is 2.28. The Morgan fingerprint density at radius 3 is 2.93 bits per heavy atom. The van der Waals surface area contributed by atoms with Gasteiger partial charge >= 0.3 is 0 Å². The third-order valence-corrected chi connectivity index (χ3v) is 2.60. The zero-order chi connectivity index (χ0) is 11.0. The maximum Gasteiger partial charge on any atom is 0.265 e. The van der Waals surface area contributed by atoms with Gasteiger partial charge in [0.1, 0.15) is 5.82 Å². The largest absolute Gasteiger partial charge is 0.331 e. The zero-order valence-electron chi connectivity index (χ0n) is 8.08. The fourth-order valence-electron chi connectivity index (χ4n) is 1.54. The molecule has 2 rings (SSSR count). The molecule has 0 radical (unpaired) electrons. The molecule has 0 fully saturated rings. The average Bonchev–Trinajstić information content (AvgIpc) is 2.17. The number of aromatic amines is 1. The van der Waals surface area contributed by atoms with Crippen LogP contribution in [0, 0.1) is 10.6 Å². The number of fused-ring (bicyclic) bond motifs is 1. The second-order valence-corrected chi connectivity index (χ2v) is 3.53. The number of nitrogens with zero attached hydrogens (tertiary/aromatic N) is 1. The van der Waals surface area contributed by atoms with Crippen LogP contribution in [-0.4, -0.2) is 9.55 Å². The second kappa shape index (κ2) is 3.58. The molecule has 3 nitrogen and oxygen atoms in total. The molecule has 0 spiro atoms. The van der Waals surface area contributed by atoms with Crippen molar-refractivity contribution in [2.45, 2.75) is 13.5 Å². The standard InChI is InChI=1S/C10H9FN2OS/c1-2-13-9(14)8-6(11)4-3-5-7(8)12-10(13)15/h3-5H,2H2,1H3,(H,12,15). The fourth-order valence-corrected chi connectivity index (χ4v) is 1.86. The monoisotopic (exact) mass is 224 g/mol. The number of hydrogen-bond donors (Lipinski definition) is 1. The molecular weight excluding hydrogens is 215 g/mol. The lowest BCUT2D eigenvalue weighted by Crippen LogP contribution is -2.22. The summed E-state index contributed by atoms with van der Waals surface area (Å²) in [5.41, 5.74) is 0.0593. The van der Waals surface area contributed by atoms with Crippen LogP contribution in [0.15, 0.2) is 23.0 Å². The molecule has 0 aliphatic carbocycles. The highest BCUT2D eigenvalue weighted by Crippen LogP contribution is 2.10. The zero-order valence-corrected chi connectivity index (χ0v) is 8.90. The average molecular weight is 224 g/mol. The molecule has 1 heterocycles. The predicted octanol–water partition coefficient (Wildman–Crippen LogP) is 2.22. The Morgan fingerprint density at radius 2 is 2.27 bits per heavy atom. The molecule has 0 unspecified atom stereocenters. The molecular formula is C10H9FN2OS. The van der Waals surface area contributed by atoms with E-state index < -0.39 is 5.82 Å². The quantitative estimate of drug-likeness (QED) is 0.754. The van der Waals surface area contributed by atoms with Gasteiger partial charge < -0.3 is 4.98 Å². The first kappa shape index (κ1) is 10.0. The topological polar surface area (TPSA) is 37.8 Å². The van der Waals surface area contributed by atoms with Crippen molar-refractivity contribution in [2.75, 3.05) is 0 Å². The number of aromatic nitrogens is 2. The third kappa shape index (κ3) is 1.48. The van der Waals surface area contributed by atoms with E-state index in [0.717, 1.165) is 0 Å². The van der Waals surface area contributed by atoms with E-state index in [2.05, 4.69) is 4.98 Å². The van der Waals surface area contributed by atoms with E-state index in [-0.39, 0.29) is 10.9 Å². The van der Waals surface area contributed by atoms with Gasteiger partial charge in [0.2, 0.25) is 0 Å². The molecule has 0 aliphatic heterocycles. The van der Waals surface area contributed by atoms with Crippen molar-refractivity contribution in [3.8, 4) is 0 Å². The highest BCUT2D eigenvalue weighted by molar-refractivity contribution is 7.71. The minimum absolute atomic E-state index is 0.0629. The molecule has 0 atom stereocenters. The van der Waals surface area contributed by atoms with Crippen molar-refractivity contribution < 1.29 is 4.39 Å². The van der Waals surface area contributed by atoms with Gasteiger partial charge in [-0.3, -0.25) is 9.36 Å². The van der Waals surface area contributed by atoms with E-state index in [0.29, 0.717) is 16.8 Å². The number of benzene rings is 1. The van der Waals surface area contributed by atoms with Crippen molar-refractivity contribution in [3.63, 3.8) is 0 Å². The molecule has 5 heteroatoms. The minimum atomic E-state index is -0.522. The minimum Gasteiger partial charge on any atom is -0.331 e. The number of hydrogen-bond acceptors (Lipinski definition) is 2. The summed E-state index contributed by atoms with van der Waals surface area (Å²) in [7, 11) is 0. The van der Waals surface area contributed by atoms with Crippen LogP contribution in [0.5, 0.6) is 0 Å². The SMILES string of the molecule is CCn1c(=S)[nH]c2cccc(F)c2c1=O. The van der Waals surface area contributed by atoms with Gasteiger partial charge in [0.15, 0.2) is 4.77 Å². The summed E-state index contributed by atoms with van der Waals surface area (Å²) in [4.78, 5) is 14.7. The van der Waals surface area contributed by atoms with Crippen LogP contribution in [0.2, 0.25) is 0 Å². The van der Waals surface area contributed by atoms with Crippen molar-refractivity contribution in [3.05, 3.63) is 39.1 Å². The Bertz CT molecular complexity index is 629. The maximum absolute atomic E-state index is 13.4. The highest BCUT2D eigenvalue weighted by atomic mass is 32.1. The Kier molecular flexibility index (Phi) is 2.40. The second-order valence-electron chi connectivity index (χ2n) is 3.14. The van der Waals surface area contributed by atoms with Crippen LogP contribution in [-0.2, 0) is 6.54 Å². The first-order chi connectivity index (χ1) is 7.15. The summed E-state index contributed by atoms with van der Waals surface area (Å²) in [5, 5.41) is 0.0629. The molecule has 78 valence electrons. The van der Waals surface area contributed by atoms with E-state index in [1.165, 1.54) is 10.6 Å². The van der Waals surface area contributed by atoms with Gasteiger partial charge in [-0.2, -0.15) is 0 Å². The van der Waals surface area contributed by atoms with E-state index >= 15 is 0 Å². The maximum atomic E-state index is 13.4. The van der Waals surface area contributed by atoms with Crippen LogP contribution < -0.4 is 5.56 Å². The van der Waals surface area contributed by atoms with Gasteiger partial charge in [-0.05, 0) is 31.3 Å². The number of rotatable bonds is 1. The lowest BCUT2D eigenvalue weighted by atomic mass is 10.2. The summed E-state index contributed by atoms with van der Waals surface area (Å²) in [6, 6.07) is 4.44. The molecule has 15 heavy (non-hydrogen) atoms. The summed E-state index contributed by atoms with van der Waals surface area (Å²) in [5.74, 6) is -0.522. The molecule has 1 aromatic heterocycles. The Morgan fingerprint density at radius 1 is 1.53 bits per heavy atom. The van der Waals surface area contributed by atoms with Gasteiger partial charge in [0, 0.05) is 6.54 Å². The first-order valence-electron chi connectivity index (χ1n) is 4.56. The predicted molar refractivity (Wildman–Crippen MR) is 59.0 cm³/mol. The summed E-state index contributed by atoms with van der Waals surface area (Å²) >= 11 is 4.99. The van der Waals surface area contributed by atoms with Gasteiger partial charge in [0.25, 0.3) is 5.56 Å². The molecule has 0 saturated heterocycles. The highest BCUT2D eigenvalue weighted by Gasteiger charge is 2.08. The molecule has 1 aromatic carbocycles. The Hall–Kier alpha value is -1.49. The van der Waals surface area contributed by atoms with Gasteiger partial charge in [-0.25, -0.2) is 4.39 Å². The normalized spacial score (nSPS) is 10.8. The summed E-state index contributed by atoms with van der Waals surface area (Å²) < 4.78 is 15.1. The summed E-state index contributed by atoms with van der Waals surface area (Å²) in [6.45, 7) is 2.22. The number of H-pyrrole nitrogens is 1. The summed E-state index contributed by atoms with van der Waals surface area (Å²) in [6.07, 6.45) is 0. The van der Waals surface area contributed by atoms with Crippen molar-refractivity contribution in [1.29, 1.82) is 0 Å². The van der Waals surface area contributed by atoms with E-state index in [9.17, 15) is 9.18 Å². The van der Waals surface area contributed by atoms with Crippen LogP contribution in [0.3, 0.4) is 0 Å². The van der Waals surface area contributed by atoms with Gasteiger partial charge in [-0.15, -0.1) is 0 Å². The molecule has 0 saturated carbocycles. The van der Waals surface area contributed by atoms with Crippen molar-refractivity contribution >= 4 is 23.1 Å². The molecule has 0 aliphatic rings. The molecule has 1 N–H and O–H groups in total. The van der Waals surface area contributed by atoms with Crippen molar-refractivity contribution in [1.82, 2.24) is 9.55 Å². The molecule has 0 amide bonds. The molecule has 0 bridgehead atoms. The first-order valence-corrected chi connectivity index (χ1v) is 4.97. The van der Waals surface area contributed by atoms with E-state index in [4.69, 9.17) is 12.2 Å². The Balaban J connectivity index is 3.06. The smallest absolute Gasteiger partial charge is 0.265 e. The lowest BCUT2D eigenvalue weighted by molar-refractivity contribution is 0.631. The van der Waals surface area contributed by atoms with E-state index in [1.807, 2.05) is 0 Å². The van der Waals surface area contributed by atoms with Crippen LogP contribution in [0.4, 0.5) is 4.39 Å². The van der Waals surface area contributed by atoms with E-state index in [1.54, 1.807) is 19.1 Å². The van der Waals surface area contributed by atoms with Crippen LogP contribution in [0.1, 0.15) is 6.92 Å². The van der Waals surface area contributed by atoms with Crippen LogP contribution in [0.25, 0.3) is 10.9 Å². The molecule has 2 aromatic rings. The van der Waals surface area contributed by atoms with Crippen LogP contribution >= 0.6 is 12.2 Å².